The predicted molar refractivity (Wildman–Crippen MR) is 138 cm³/mol. The van der Waals surface area contributed by atoms with Crippen molar-refractivity contribution in [1.82, 2.24) is 24.7 Å². The number of hydrogen-bond donors (Lipinski definition) is 3. The molecule has 3 aromatic heterocycles. The van der Waals surface area contributed by atoms with Gasteiger partial charge in [0.25, 0.3) is 6.43 Å². The molecule has 0 spiro atoms. The molecule has 1 aromatic carbocycles. The number of rotatable bonds is 7. The number of benzene rings is 1. The van der Waals surface area contributed by atoms with Crippen molar-refractivity contribution in [3.63, 3.8) is 0 Å². The lowest BCUT2D eigenvalue weighted by atomic mass is 10.1. The van der Waals surface area contributed by atoms with Gasteiger partial charge >= 0.3 is 0 Å². The van der Waals surface area contributed by atoms with Crippen LogP contribution in [0.5, 0.6) is 0 Å². The highest BCUT2D eigenvalue weighted by Crippen LogP contribution is 2.52. The van der Waals surface area contributed by atoms with Gasteiger partial charge in [-0.3, -0.25) is 9.48 Å². The van der Waals surface area contributed by atoms with Gasteiger partial charge in [0, 0.05) is 35.7 Å². The van der Waals surface area contributed by atoms with Crippen LogP contribution >= 0.6 is 11.8 Å². The van der Waals surface area contributed by atoms with Crippen LogP contribution < -0.4 is 10.6 Å². The molecule has 4 aromatic rings. The van der Waals surface area contributed by atoms with E-state index in [0.29, 0.717) is 11.2 Å². The molecule has 3 N–H and O–H groups in total. The zero-order valence-electron chi connectivity index (χ0n) is 20.6. The molecule has 1 fully saturated rings. The number of carbonyl (C=O) groups excluding carboxylic acids is 1. The lowest BCUT2D eigenvalue weighted by Crippen LogP contribution is -2.17. The normalized spacial score (nSPS) is 16.5. The van der Waals surface area contributed by atoms with Crippen molar-refractivity contribution in [2.45, 2.75) is 38.5 Å². The highest BCUT2D eigenvalue weighted by molar-refractivity contribution is 7.98. The first-order valence-electron chi connectivity index (χ1n) is 11.5. The summed E-state index contributed by atoms with van der Waals surface area (Å²) < 4.78 is 28.6. The van der Waals surface area contributed by atoms with E-state index in [1.165, 1.54) is 0 Å². The molecule has 1 amide bonds. The molecule has 0 aliphatic heterocycles. The molecular weight excluding hydrogens is 484 g/mol. The number of imidazole rings is 1. The number of H-pyrrole nitrogens is 1. The summed E-state index contributed by atoms with van der Waals surface area (Å²) in [7, 11) is 1.88. The zero-order chi connectivity index (χ0) is 25.8. The van der Waals surface area contributed by atoms with Crippen molar-refractivity contribution in [1.29, 1.82) is 0 Å². The number of aromatic nitrogens is 5. The van der Waals surface area contributed by atoms with E-state index < -0.39 is 12.2 Å². The van der Waals surface area contributed by atoms with Gasteiger partial charge < -0.3 is 15.6 Å². The van der Waals surface area contributed by atoms with Crippen molar-refractivity contribution in [3.8, 4) is 11.3 Å². The maximum atomic E-state index is 13.4. The van der Waals surface area contributed by atoms with Crippen LogP contribution in [0.25, 0.3) is 22.4 Å². The Morgan fingerprint density at radius 3 is 2.61 bits per heavy atom. The van der Waals surface area contributed by atoms with Crippen LogP contribution in [-0.2, 0) is 11.8 Å². The molecule has 8 nitrogen and oxygen atoms in total. The van der Waals surface area contributed by atoms with Gasteiger partial charge in [-0.05, 0) is 42.7 Å². The van der Waals surface area contributed by atoms with Gasteiger partial charge in [-0.25, -0.2) is 18.7 Å². The fourth-order valence-electron chi connectivity index (χ4n) is 4.38. The summed E-state index contributed by atoms with van der Waals surface area (Å²) in [5.41, 5.74) is 4.60. The molecule has 188 valence electrons. The van der Waals surface area contributed by atoms with Crippen molar-refractivity contribution in [3.05, 3.63) is 41.9 Å². The maximum absolute atomic E-state index is 13.4. The second kappa shape index (κ2) is 8.88. The SMILES string of the molecule is CSc1cc(-c2nn(C)cc2C)ccc1Nc1cc(NC(=O)C2CC2(C)C)nc2nc(C(F)F)[nH]c12. The average Bonchev–Trinajstić information content (AvgIpc) is 3.12. The van der Waals surface area contributed by atoms with Crippen LogP contribution in [0.4, 0.5) is 26.0 Å². The Morgan fingerprint density at radius 2 is 2.00 bits per heavy atom. The van der Waals surface area contributed by atoms with E-state index in [2.05, 4.69) is 30.7 Å². The van der Waals surface area contributed by atoms with Crippen molar-refractivity contribution in [2.24, 2.45) is 18.4 Å². The lowest BCUT2D eigenvalue weighted by molar-refractivity contribution is -0.118. The number of hydrogen-bond acceptors (Lipinski definition) is 6. The van der Waals surface area contributed by atoms with Gasteiger partial charge in [-0.15, -0.1) is 11.8 Å². The Kier molecular flexibility index (Phi) is 5.98. The predicted octanol–water partition coefficient (Wildman–Crippen LogP) is 6.05. The largest absolute Gasteiger partial charge is 0.353 e. The standard InChI is InChI=1S/C25H27F2N7OS/c1-12-11-34(4)33-19(12)13-6-7-15(17(8-13)36-5)28-16-9-18(30-24(35)14-10-25(14,2)3)29-22-20(16)31-23(32-22)21(26)27/h6-9,11,14,21H,10H2,1-5H3,(H3,28,29,30,31,32,35). The molecule has 1 unspecified atom stereocenters. The zero-order valence-corrected chi connectivity index (χ0v) is 21.4. The number of alkyl halides is 2. The fourth-order valence-corrected chi connectivity index (χ4v) is 4.96. The quantitative estimate of drug-likeness (QED) is 0.261. The second-order valence-corrected chi connectivity index (χ2v) is 10.6. The first kappa shape index (κ1) is 24.2. The number of anilines is 3. The highest BCUT2D eigenvalue weighted by Gasteiger charge is 2.50. The first-order valence-corrected chi connectivity index (χ1v) is 12.7. The number of carbonyl (C=O) groups is 1. The minimum absolute atomic E-state index is 0.0502. The summed E-state index contributed by atoms with van der Waals surface area (Å²) >= 11 is 1.55. The van der Waals surface area contributed by atoms with Crippen LogP contribution in [-0.4, -0.2) is 36.9 Å². The Labute approximate surface area is 211 Å². The number of thioether (sulfide) groups is 1. The van der Waals surface area contributed by atoms with E-state index in [1.807, 2.05) is 58.5 Å². The molecule has 3 heterocycles. The van der Waals surface area contributed by atoms with Crippen LogP contribution in [0, 0.1) is 18.3 Å². The summed E-state index contributed by atoms with van der Waals surface area (Å²) in [5.74, 6) is -0.454. The molecule has 0 bridgehead atoms. The van der Waals surface area contributed by atoms with Crippen molar-refractivity contribution >= 4 is 46.0 Å². The van der Waals surface area contributed by atoms with Gasteiger partial charge in [0.05, 0.1) is 17.1 Å². The second-order valence-electron chi connectivity index (χ2n) is 9.79. The third kappa shape index (κ3) is 4.55. The summed E-state index contributed by atoms with van der Waals surface area (Å²) in [4.78, 5) is 24.6. The van der Waals surface area contributed by atoms with E-state index in [0.717, 1.165) is 33.8 Å². The van der Waals surface area contributed by atoms with E-state index in [1.54, 1.807) is 22.5 Å². The molecule has 5 rings (SSSR count). The molecule has 1 saturated carbocycles. The van der Waals surface area contributed by atoms with Gasteiger partial charge in [0.2, 0.25) is 5.91 Å². The summed E-state index contributed by atoms with van der Waals surface area (Å²) in [6, 6.07) is 7.57. The first-order chi connectivity index (χ1) is 17.1. The van der Waals surface area contributed by atoms with Gasteiger partial charge in [-0.2, -0.15) is 5.10 Å². The van der Waals surface area contributed by atoms with E-state index in [4.69, 9.17) is 0 Å². The average molecular weight is 512 g/mol. The minimum Gasteiger partial charge on any atom is -0.353 e. The fraction of sp³-hybridized carbons (Fsp3) is 0.360. The van der Waals surface area contributed by atoms with Crippen LogP contribution in [0.1, 0.15) is 38.1 Å². The van der Waals surface area contributed by atoms with E-state index in [9.17, 15) is 13.6 Å². The molecule has 36 heavy (non-hydrogen) atoms. The number of nitrogens with zero attached hydrogens (tertiary/aromatic N) is 4. The minimum atomic E-state index is -2.78. The number of amides is 1. The van der Waals surface area contributed by atoms with Gasteiger partial charge in [0.15, 0.2) is 11.5 Å². The number of fused-ring (bicyclic) bond motifs is 1. The Bertz CT molecular complexity index is 1480. The molecule has 11 heteroatoms. The molecule has 0 saturated heterocycles. The summed E-state index contributed by atoms with van der Waals surface area (Å²) in [6.07, 6.45) is 1.94. The monoisotopic (exact) mass is 511 g/mol. The van der Waals surface area contributed by atoms with Crippen LogP contribution in [0.15, 0.2) is 35.4 Å². The molecule has 1 atom stereocenters. The number of aryl methyl sites for hydroxylation is 2. The van der Waals surface area contributed by atoms with E-state index in [-0.39, 0.29) is 28.7 Å². The lowest BCUT2D eigenvalue weighted by Gasteiger charge is -2.14. The third-order valence-corrected chi connectivity index (χ3v) is 7.30. The van der Waals surface area contributed by atoms with Crippen LogP contribution in [0.3, 0.4) is 0 Å². The van der Waals surface area contributed by atoms with Crippen LogP contribution in [0.2, 0.25) is 0 Å². The Morgan fingerprint density at radius 1 is 1.25 bits per heavy atom. The topological polar surface area (TPSA) is 101 Å². The number of nitrogens with one attached hydrogen (secondary N) is 3. The smallest absolute Gasteiger partial charge is 0.295 e. The number of aromatic amines is 1. The Balaban J connectivity index is 1.52. The number of halogens is 2. The van der Waals surface area contributed by atoms with Crippen molar-refractivity contribution < 1.29 is 13.6 Å². The highest BCUT2D eigenvalue weighted by atomic mass is 32.2. The molecule has 1 aliphatic rings. The number of pyridine rings is 1. The Hall–Kier alpha value is -3.47. The summed E-state index contributed by atoms with van der Waals surface area (Å²) in [5, 5.41) is 10.7. The summed E-state index contributed by atoms with van der Waals surface area (Å²) in [6.45, 7) is 6.07. The van der Waals surface area contributed by atoms with Gasteiger partial charge in [-0.1, -0.05) is 19.9 Å². The van der Waals surface area contributed by atoms with E-state index >= 15 is 0 Å². The van der Waals surface area contributed by atoms with Crippen molar-refractivity contribution in [2.75, 3.05) is 16.9 Å². The molecule has 0 radical (unpaired) electrons. The maximum Gasteiger partial charge on any atom is 0.295 e. The molecular formula is C25H27F2N7OS. The van der Waals surface area contributed by atoms with Gasteiger partial charge in [0.1, 0.15) is 11.3 Å². The third-order valence-electron chi connectivity index (χ3n) is 6.52. The molecule has 1 aliphatic carbocycles.